The van der Waals surface area contributed by atoms with Crippen LogP contribution in [0.15, 0.2) is 22.7 Å². The number of fused-ring (bicyclic) bond motifs is 1. The normalized spacial score (nSPS) is 21.8. The first kappa shape index (κ1) is 14.9. The smallest absolute Gasteiger partial charge is 0.125 e. The molecular formula is C16H23BrO2. The maximum Gasteiger partial charge on any atom is 0.125 e. The van der Waals surface area contributed by atoms with Gasteiger partial charge in [-0.2, -0.15) is 0 Å². The van der Waals surface area contributed by atoms with Gasteiger partial charge in [0.1, 0.15) is 11.9 Å². The second kappa shape index (κ2) is 7.30. The molecule has 0 aromatic heterocycles. The number of aliphatic hydroxyl groups is 1. The number of halogens is 1. The number of aliphatic hydroxyl groups excluding tert-OH is 1. The topological polar surface area (TPSA) is 29.5 Å². The number of hydrogen-bond donors (Lipinski definition) is 1. The first-order valence-electron chi connectivity index (χ1n) is 7.35. The van der Waals surface area contributed by atoms with Crippen molar-refractivity contribution >= 4 is 15.9 Å². The van der Waals surface area contributed by atoms with Crippen LogP contribution in [-0.2, 0) is 0 Å². The average molecular weight is 327 g/mol. The molecule has 106 valence electrons. The molecule has 2 rings (SSSR count). The zero-order valence-corrected chi connectivity index (χ0v) is 13.2. The Morgan fingerprint density at radius 2 is 2.05 bits per heavy atom. The summed E-state index contributed by atoms with van der Waals surface area (Å²) in [6, 6.07) is 5.87. The van der Waals surface area contributed by atoms with Crippen LogP contribution in [0.3, 0.4) is 0 Å². The number of unbranched alkanes of at least 4 members (excludes halogenated alkanes) is 4. The van der Waals surface area contributed by atoms with Crippen LogP contribution in [-0.4, -0.2) is 11.2 Å². The third kappa shape index (κ3) is 4.22. The summed E-state index contributed by atoms with van der Waals surface area (Å²) in [5.74, 6) is 0.848. The Morgan fingerprint density at radius 1 is 1.26 bits per heavy atom. The van der Waals surface area contributed by atoms with Gasteiger partial charge >= 0.3 is 0 Å². The molecule has 1 N–H and O–H groups in total. The van der Waals surface area contributed by atoms with Crippen molar-refractivity contribution in [2.75, 3.05) is 0 Å². The molecule has 0 fully saturated rings. The van der Waals surface area contributed by atoms with Crippen molar-refractivity contribution in [1.82, 2.24) is 0 Å². The van der Waals surface area contributed by atoms with Gasteiger partial charge in [0.2, 0.25) is 0 Å². The van der Waals surface area contributed by atoms with E-state index >= 15 is 0 Å². The molecule has 0 aliphatic carbocycles. The fourth-order valence-corrected chi connectivity index (χ4v) is 3.02. The highest BCUT2D eigenvalue weighted by molar-refractivity contribution is 9.10. The van der Waals surface area contributed by atoms with Gasteiger partial charge in [-0.1, -0.05) is 48.5 Å². The molecule has 1 aromatic carbocycles. The van der Waals surface area contributed by atoms with E-state index in [2.05, 4.69) is 22.9 Å². The Hall–Kier alpha value is -0.540. The van der Waals surface area contributed by atoms with Gasteiger partial charge in [-0.25, -0.2) is 0 Å². The van der Waals surface area contributed by atoms with Gasteiger partial charge in [-0.05, 0) is 31.0 Å². The molecule has 1 heterocycles. The number of benzene rings is 1. The van der Waals surface area contributed by atoms with Crippen molar-refractivity contribution in [2.24, 2.45) is 0 Å². The van der Waals surface area contributed by atoms with Gasteiger partial charge in [0.15, 0.2) is 0 Å². The largest absolute Gasteiger partial charge is 0.490 e. The summed E-state index contributed by atoms with van der Waals surface area (Å²) in [5, 5.41) is 10.2. The minimum absolute atomic E-state index is 0.172. The van der Waals surface area contributed by atoms with Gasteiger partial charge in [0, 0.05) is 16.5 Å². The van der Waals surface area contributed by atoms with Crippen molar-refractivity contribution in [3.05, 3.63) is 28.2 Å². The molecule has 0 radical (unpaired) electrons. The quantitative estimate of drug-likeness (QED) is 0.746. The van der Waals surface area contributed by atoms with Crippen LogP contribution in [0, 0.1) is 0 Å². The molecule has 0 spiro atoms. The van der Waals surface area contributed by atoms with E-state index in [9.17, 15) is 5.11 Å². The Morgan fingerprint density at radius 3 is 2.84 bits per heavy atom. The minimum Gasteiger partial charge on any atom is -0.490 e. The van der Waals surface area contributed by atoms with Gasteiger partial charge in [0.05, 0.1) is 6.10 Å². The SMILES string of the molecule is CCCCCCCC1C[C@H](O)c2cc(Br)ccc2O1. The van der Waals surface area contributed by atoms with Crippen LogP contribution in [0.5, 0.6) is 5.75 Å². The summed E-state index contributed by atoms with van der Waals surface area (Å²) >= 11 is 3.43. The van der Waals surface area contributed by atoms with Crippen LogP contribution in [0.1, 0.15) is 63.5 Å². The molecule has 0 bridgehead atoms. The summed E-state index contributed by atoms with van der Waals surface area (Å²) in [5.41, 5.74) is 0.914. The van der Waals surface area contributed by atoms with Crippen LogP contribution in [0.2, 0.25) is 0 Å². The summed E-state index contributed by atoms with van der Waals surface area (Å²) in [6.45, 7) is 2.23. The van der Waals surface area contributed by atoms with E-state index in [4.69, 9.17) is 4.74 Å². The lowest BCUT2D eigenvalue weighted by atomic mass is 9.96. The third-order valence-corrected chi connectivity index (χ3v) is 4.23. The first-order valence-corrected chi connectivity index (χ1v) is 8.14. The molecule has 1 aliphatic heterocycles. The molecule has 19 heavy (non-hydrogen) atoms. The van der Waals surface area contributed by atoms with Crippen molar-refractivity contribution in [1.29, 1.82) is 0 Å². The van der Waals surface area contributed by atoms with Crippen molar-refractivity contribution in [3.8, 4) is 5.75 Å². The molecule has 2 atom stereocenters. The van der Waals surface area contributed by atoms with Crippen molar-refractivity contribution in [2.45, 2.75) is 64.1 Å². The zero-order valence-electron chi connectivity index (χ0n) is 11.6. The van der Waals surface area contributed by atoms with Crippen molar-refractivity contribution < 1.29 is 9.84 Å². The predicted octanol–water partition coefficient (Wildman–Crippen LogP) is 4.99. The van der Waals surface area contributed by atoms with Crippen LogP contribution < -0.4 is 4.74 Å². The first-order chi connectivity index (χ1) is 9.20. The van der Waals surface area contributed by atoms with E-state index in [1.165, 1.54) is 32.1 Å². The van der Waals surface area contributed by atoms with Crippen LogP contribution in [0.4, 0.5) is 0 Å². The maximum atomic E-state index is 10.2. The summed E-state index contributed by atoms with van der Waals surface area (Å²) in [7, 11) is 0. The summed E-state index contributed by atoms with van der Waals surface area (Å²) in [6.07, 6.45) is 7.95. The lowest BCUT2D eigenvalue weighted by Gasteiger charge is -2.29. The molecule has 1 unspecified atom stereocenters. The lowest BCUT2D eigenvalue weighted by Crippen LogP contribution is -2.25. The standard InChI is InChI=1S/C16H23BrO2/c1-2-3-4-5-6-7-13-11-15(18)14-10-12(17)8-9-16(14)19-13/h8-10,13,15,18H,2-7,11H2,1H3/t13?,15-/m0/s1. The molecule has 3 heteroatoms. The van der Waals surface area contributed by atoms with Gasteiger partial charge < -0.3 is 9.84 Å². The van der Waals surface area contributed by atoms with E-state index in [0.29, 0.717) is 0 Å². The molecule has 0 amide bonds. The van der Waals surface area contributed by atoms with E-state index in [1.54, 1.807) is 0 Å². The van der Waals surface area contributed by atoms with Gasteiger partial charge in [0.25, 0.3) is 0 Å². The zero-order chi connectivity index (χ0) is 13.7. The molecule has 1 aliphatic rings. The predicted molar refractivity (Wildman–Crippen MR) is 81.5 cm³/mol. The summed E-state index contributed by atoms with van der Waals surface area (Å²) in [4.78, 5) is 0. The molecular weight excluding hydrogens is 304 g/mol. The second-order valence-electron chi connectivity index (χ2n) is 5.38. The fraction of sp³-hybridized carbons (Fsp3) is 0.625. The highest BCUT2D eigenvalue weighted by atomic mass is 79.9. The molecule has 1 aromatic rings. The third-order valence-electron chi connectivity index (χ3n) is 3.74. The van der Waals surface area contributed by atoms with E-state index < -0.39 is 0 Å². The Balaban J connectivity index is 1.85. The Labute approximate surface area is 124 Å². The van der Waals surface area contributed by atoms with Gasteiger partial charge in [-0.3, -0.25) is 0 Å². The van der Waals surface area contributed by atoms with E-state index in [-0.39, 0.29) is 12.2 Å². The van der Waals surface area contributed by atoms with Crippen molar-refractivity contribution in [3.63, 3.8) is 0 Å². The molecule has 2 nitrogen and oxygen atoms in total. The minimum atomic E-state index is -0.387. The maximum absolute atomic E-state index is 10.2. The fourth-order valence-electron chi connectivity index (χ4n) is 2.64. The molecule has 0 saturated heterocycles. The Kier molecular flexibility index (Phi) is 5.71. The van der Waals surface area contributed by atoms with Crippen LogP contribution >= 0.6 is 15.9 Å². The molecule has 0 saturated carbocycles. The highest BCUT2D eigenvalue weighted by Gasteiger charge is 2.26. The number of ether oxygens (including phenoxy) is 1. The van der Waals surface area contributed by atoms with E-state index in [0.717, 1.165) is 28.6 Å². The number of hydrogen-bond acceptors (Lipinski definition) is 2. The average Bonchev–Trinajstić information content (AvgIpc) is 2.39. The van der Waals surface area contributed by atoms with Gasteiger partial charge in [-0.15, -0.1) is 0 Å². The Bertz CT molecular complexity index is 406. The monoisotopic (exact) mass is 326 g/mol. The number of rotatable bonds is 6. The van der Waals surface area contributed by atoms with E-state index in [1.807, 2.05) is 18.2 Å². The highest BCUT2D eigenvalue weighted by Crippen LogP contribution is 2.37. The lowest BCUT2D eigenvalue weighted by molar-refractivity contribution is 0.0604. The van der Waals surface area contributed by atoms with Crippen LogP contribution in [0.25, 0.3) is 0 Å². The summed E-state index contributed by atoms with van der Waals surface area (Å²) < 4.78 is 6.98. The second-order valence-corrected chi connectivity index (χ2v) is 6.29.